The van der Waals surface area contributed by atoms with Gasteiger partial charge in [0.15, 0.2) is 0 Å². The van der Waals surface area contributed by atoms with Gasteiger partial charge in [-0.15, -0.1) is 0 Å². The van der Waals surface area contributed by atoms with E-state index in [0.717, 1.165) is 0 Å². The van der Waals surface area contributed by atoms with Gasteiger partial charge in [-0.25, -0.2) is 4.39 Å². The second kappa shape index (κ2) is 6.64. The highest BCUT2D eigenvalue weighted by Gasteiger charge is 2.26. The van der Waals surface area contributed by atoms with Crippen molar-refractivity contribution in [2.45, 2.75) is 0 Å². The van der Waals surface area contributed by atoms with E-state index in [1.165, 1.54) is 18.6 Å². The van der Waals surface area contributed by atoms with Crippen LogP contribution < -0.4 is 10.6 Å². The van der Waals surface area contributed by atoms with E-state index in [4.69, 9.17) is 10.2 Å². The van der Waals surface area contributed by atoms with E-state index in [1.807, 2.05) is 4.90 Å². The van der Waals surface area contributed by atoms with Gasteiger partial charge >= 0.3 is 0 Å². The van der Waals surface area contributed by atoms with E-state index >= 15 is 0 Å². The Kier molecular flexibility index (Phi) is 4.57. The molecule has 1 aromatic heterocycles. The van der Waals surface area contributed by atoms with Crippen LogP contribution in [0, 0.1) is 5.82 Å². The first-order valence-electron chi connectivity index (χ1n) is 7.32. The van der Waals surface area contributed by atoms with Crippen LogP contribution in [0.25, 0.3) is 0 Å². The lowest BCUT2D eigenvalue weighted by atomic mass is 10.1. The van der Waals surface area contributed by atoms with Crippen molar-refractivity contribution in [3.63, 3.8) is 0 Å². The Morgan fingerprint density at radius 1 is 1.21 bits per heavy atom. The monoisotopic (exact) mass is 395 g/mol. The highest BCUT2D eigenvalue weighted by molar-refractivity contribution is 9.10. The van der Waals surface area contributed by atoms with E-state index in [1.54, 1.807) is 17.0 Å². The fourth-order valence-electron chi connectivity index (χ4n) is 2.77. The van der Waals surface area contributed by atoms with Crippen LogP contribution >= 0.6 is 15.9 Å². The van der Waals surface area contributed by atoms with Crippen LogP contribution in [-0.2, 0) is 0 Å². The minimum absolute atomic E-state index is 0.112. The van der Waals surface area contributed by atoms with Gasteiger partial charge in [0.05, 0.1) is 23.1 Å². The van der Waals surface area contributed by atoms with Crippen LogP contribution in [-0.4, -0.2) is 42.9 Å². The molecule has 126 valence electrons. The smallest absolute Gasteiger partial charge is 0.257 e. The number of piperazine rings is 1. The Morgan fingerprint density at radius 3 is 2.50 bits per heavy atom. The number of hydrogen-bond donors (Lipinski definition) is 1. The zero-order chi connectivity index (χ0) is 17.3. The van der Waals surface area contributed by atoms with E-state index < -0.39 is 11.7 Å². The Morgan fingerprint density at radius 2 is 1.92 bits per heavy atom. The molecule has 0 spiro atoms. The van der Waals surface area contributed by atoms with Gasteiger partial charge in [0.1, 0.15) is 12.1 Å². The number of nitrogens with two attached hydrogens (primary N) is 1. The fourth-order valence-corrected chi connectivity index (χ4v) is 3.19. The largest absolute Gasteiger partial charge is 0.472 e. The van der Waals surface area contributed by atoms with Gasteiger partial charge < -0.3 is 20.0 Å². The quantitative estimate of drug-likeness (QED) is 0.863. The number of rotatable bonds is 3. The maximum Gasteiger partial charge on any atom is 0.257 e. The number of carbonyl (C=O) groups excluding carboxylic acids is 2. The van der Waals surface area contributed by atoms with Crippen LogP contribution in [0.4, 0.5) is 10.1 Å². The average molecular weight is 396 g/mol. The number of nitrogens with zero attached hydrogens (tertiary/aromatic N) is 2. The molecule has 0 bridgehead atoms. The second-order valence-electron chi connectivity index (χ2n) is 5.44. The van der Waals surface area contributed by atoms with Crippen molar-refractivity contribution in [3.05, 3.63) is 52.1 Å². The highest BCUT2D eigenvalue weighted by atomic mass is 79.9. The van der Waals surface area contributed by atoms with E-state index in [0.29, 0.717) is 41.9 Å². The number of halogens is 2. The van der Waals surface area contributed by atoms with E-state index in [9.17, 15) is 14.0 Å². The van der Waals surface area contributed by atoms with Crippen LogP contribution in [0.1, 0.15) is 20.7 Å². The first-order valence-corrected chi connectivity index (χ1v) is 8.12. The van der Waals surface area contributed by atoms with Crippen LogP contribution in [0.2, 0.25) is 0 Å². The standard InChI is InChI=1S/C16H15BrFN3O3/c17-11-7-12(18)14(15(19)22)13(8-11)20-2-4-21(5-3-20)16(23)10-1-6-24-9-10/h1,6-9H,2-5H2,(H2,19,22). The summed E-state index contributed by atoms with van der Waals surface area (Å²) in [5.74, 6) is -1.59. The normalized spacial score (nSPS) is 14.8. The minimum Gasteiger partial charge on any atom is -0.472 e. The van der Waals surface area contributed by atoms with Gasteiger partial charge in [-0.3, -0.25) is 9.59 Å². The molecule has 0 atom stereocenters. The molecule has 1 saturated heterocycles. The molecule has 2 N–H and O–H groups in total. The molecule has 0 unspecified atom stereocenters. The van der Waals surface area contributed by atoms with Crippen LogP contribution in [0.3, 0.4) is 0 Å². The van der Waals surface area contributed by atoms with Gasteiger partial charge in [-0.05, 0) is 18.2 Å². The molecule has 0 aliphatic carbocycles. The number of primary amides is 1. The molecular formula is C16H15BrFN3O3. The lowest BCUT2D eigenvalue weighted by Gasteiger charge is -2.36. The zero-order valence-electron chi connectivity index (χ0n) is 12.7. The SMILES string of the molecule is NC(=O)c1c(F)cc(Br)cc1N1CCN(C(=O)c2ccoc2)CC1. The lowest BCUT2D eigenvalue weighted by molar-refractivity contribution is 0.0745. The van der Waals surface area contributed by atoms with Crippen molar-refractivity contribution in [2.24, 2.45) is 5.73 Å². The van der Waals surface area contributed by atoms with Crippen molar-refractivity contribution in [2.75, 3.05) is 31.1 Å². The Bertz CT molecular complexity index is 771. The molecule has 3 rings (SSSR count). The molecule has 1 aliphatic heterocycles. The summed E-state index contributed by atoms with van der Waals surface area (Å²) in [4.78, 5) is 27.4. The number of amides is 2. The predicted octanol–water partition coefficient (Wildman–Crippen LogP) is 2.24. The minimum atomic E-state index is -0.813. The fraction of sp³-hybridized carbons (Fsp3) is 0.250. The Labute approximate surface area is 146 Å². The first kappa shape index (κ1) is 16.5. The second-order valence-corrected chi connectivity index (χ2v) is 6.35. The molecular weight excluding hydrogens is 381 g/mol. The molecule has 2 aromatic rings. The van der Waals surface area contributed by atoms with Crippen molar-refractivity contribution in [1.29, 1.82) is 0 Å². The molecule has 1 fully saturated rings. The van der Waals surface area contributed by atoms with Gasteiger partial charge in [-0.2, -0.15) is 0 Å². The van der Waals surface area contributed by atoms with Gasteiger partial charge in [-0.1, -0.05) is 15.9 Å². The third kappa shape index (κ3) is 3.14. The van der Waals surface area contributed by atoms with Crippen LogP contribution in [0.15, 0.2) is 39.6 Å². The molecule has 8 heteroatoms. The molecule has 0 radical (unpaired) electrons. The van der Waals surface area contributed by atoms with Crippen molar-refractivity contribution >= 4 is 33.4 Å². The maximum absolute atomic E-state index is 14.1. The topological polar surface area (TPSA) is 79.8 Å². The predicted molar refractivity (Wildman–Crippen MR) is 89.4 cm³/mol. The summed E-state index contributed by atoms with van der Waals surface area (Å²) in [7, 11) is 0. The molecule has 24 heavy (non-hydrogen) atoms. The average Bonchev–Trinajstić information content (AvgIpc) is 3.07. The summed E-state index contributed by atoms with van der Waals surface area (Å²) in [6.45, 7) is 1.85. The summed E-state index contributed by atoms with van der Waals surface area (Å²) < 4.78 is 19.5. The summed E-state index contributed by atoms with van der Waals surface area (Å²) >= 11 is 3.23. The van der Waals surface area contributed by atoms with Crippen molar-refractivity contribution < 1.29 is 18.4 Å². The number of hydrogen-bond acceptors (Lipinski definition) is 4. The first-order chi connectivity index (χ1) is 11.5. The summed E-state index contributed by atoms with van der Waals surface area (Å²) in [5.41, 5.74) is 6.11. The van der Waals surface area contributed by atoms with Gasteiger partial charge in [0.2, 0.25) is 0 Å². The molecule has 0 saturated carbocycles. The summed E-state index contributed by atoms with van der Waals surface area (Å²) in [5, 5.41) is 0. The summed E-state index contributed by atoms with van der Waals surface area (Å²) in [6, 6.07) is 4.49. The lowest BCUT2D eigenvalue weighted by Crippen LogP contribution is -2.49. The van der Waals surface area contributed by atoms with E-state index in [2.05, 4.69) is 15.9 Å². The third-order valence-corrected chi connectivity index (χ3v) is 4.41. The Hall–Kier alpha value is -2.35. The van der Waals surface area contributed by atoms with Crippen LogP contribution in [0.5, 0.6) is 0 Å². The van der Waals surface area contributed by atoms with Crippen molar-refractivity contribution in [1.82, 2.24) is 4.90 Å². The summed E-state index contributed by atoms with van der Waals surface area (Å²) in [6.07, 6.45) is 2.86. The number of benzene rings is 1. The molecule has 1 aromatic carbocycles. The third-order valence-electron chi connectivity index (χ3n) is 3.96. The highest BCUT2D eigenvalue weighted by Crippen LogP contribution is 2.29. The number of anilines is 1. The maximum atomic E-state index is 14.1. The number of furan rings is 1. The molecule has 1 aliphatic rings. The van der Waals surface area contributed by atoms with Crippen molar-refractivity contribution in [3.8, 4) is 0 Å². The van der Waals surface area contributed by atoms with Gasteiger partial charge in [0, 0.05) is 30.7 Å². The zero-order valence-corrected chi connectivity index (χ0v) is 14.3. The molecule has 6 nitrogen and oxygen atoms in total. The van der Waals surface area contributed by atoms with E-state index in [-0.39, 0.29) is 11.5 Å². The molecule has 2 heterocycles. The Balaban J connectivity index is 1.78. The molecule has 2 amide bonds. The van der Waals surface area contributed by atoms with Gasteiger partial charge in [0.25, 0.3) is 11.8 Å². The number of carbonyl (C=O) groups is 2.